The summed E-state index contributed by atoms with van der Waals surface area (Å²) in [6.07, 6.45) is 9.63. The maximum atomic E-state index is 12.0. The highest BCUT2D eigenvalue weighted by atomic mass is 16.1. The van der Waals surface area contributed by atoms with Gasteiger partial charge in [-0.1, -0.05) is 6.42 Å². The molecule has 98 valence electrons. The van der Waals surface area contributed by atoms with Crippen LogP contribution in [0.2, 0.25) is 0 Å². The summed E-state index contributed by atoms with van der Waals surface area (Å²) in [6.45, 7) is 1.71. The Morgan fingerprint density at radius 1 is 1.06 bits per heavy atom. The maximum absolute atomic E-state index is 12.0. The topological polar surface area (TPSA) is 55.1 Å². The van der Waals surface area contributed by atoms with Gasteiger partial charge in [-0.05, 0) is 63.3 Å². The van der Waals surface area contributed by atoms with Crippen molar-refractivity contribution in [2.75, 3.05) is 13.1 Å². The molecule has 0 radical (unpaired) electrons. The van der Waals surface area contributed by atoms with Crippen LogP contribution in [0.1, 0.15) is 51.4 Å². The van der Waals surface area contributed by atoms with Gasteiger partial charge in [-0.3, -0.25) is 4.79 Å². The van der Waals surface area contributed by atoms with E-state index in [9.17, 15) is 4.79 Å². The van der Waals surface area contributed by atoms with Gasteiger partial charge in [-0.2, -0.15) is 0 Å². The molecule has 0 heterocycles. The number of carbonyl (C=O) groups excluding carboxylic acids is 1. The van der Waals surface area contributed by atoms with Crippen molar-refractivity contribution in [3.63, 3.8) is 0 Å². The van der Waals surface area contributed by atoms with Crippen LogP contribution in [0.25, 0.3) is 0 Å². The maximum Gasteiger partial charge on any atom is 0.223 e. The fourth-order valence-electron chi connectivity index (χ4n) is 3.04. The van der Waals surface area contributed by atoms with E-state index in [1.165, 1.54) is 32.1 Å². The average Bonchev–Trinajstić information content (AvgIpc) is 2.28. The second-order valence-corrected chi connectivity index (χ2v) is 5.84. The molecule has 2 saturated carbocycles. The highest BCUT2D eigenvalue weighted by molar-refractivity contribution is 5.78. The molecular weight excluding hydrogens is 212 g/mol. The van der Waals surface area contributed by atoms with E-state index in [1.807, 2.05) is 0 Å². The number of nitrogens with one attached hydrogen (secondary N) is 1. The highest BCUT2D eigenvalue weighted by Crippen LogP contribution is 2.31. The lowest BCUT2D eigenvalue weighted by Gasteiger charge is -2.29. The molecule has 0 atom stereocenters. The van der Waals surface area contributed by atoms with Gasteiger partial charge >= 0.3 is 0 Å². The SMILES string of the molecule is NCCC1CCC(C(=O)NCC2CCC2)CC1. The highest BCUT2D eigenvalue weighted by Gasteiger charge is 2.26. The number of nitrogens with two attached hydrogens (primary N) is 1. The largest absolute Gasteiger partial charge is 0.356 e. The molecule has 0 unspecified atom stereocenters. The van der Waals surface area contributed by atoms with Crippen molar-refractivity contribution >= 4 is 5.91 Å². The Bertz CT molecular complexity index is 243. The molecule has 17 heavy (non-hydrogen) atoms. The van der Waals surface area contributed by atoms with E-state index in [-0.39, 0.29) is 5.92 Å². The van der Waals surface area contributed by atoms with Gasteiger partial charge in [0, 0.05) is 12.5 Å². The zero-order valence-corrected chi connectivity index (χ0v) is 10.8. The second kappa shape index (κ2) is 6.39. The number of carbonyl (C=O) groups is 1. The molecule has 2 fully saturated rings. The van der Waals surface area contributed by atoms with E-state index in [0.29, 0.717) is 5.91 Å². The molecule has 3 N–H and O–H groups in total. The van der Waals surface area contributed by atoms with E-state index < -0.39 is 0 Å². The van der Waals surface area contributed by atoms with Crippen LogP contribution in [0.15, 0.2) is 0 Å². The van der Waals surface area contributed by atoms with Crippen LogP contribution in [-0.2, 0) is 4.79 Å². The summed E-state index contributed by atoms with van der Waals surface area (Å²) in [5, 5.41) is 3.14. The molecule has 0 aromatic carbocycles. The van der Waals surface area contributed by atoms with Crippen LogP contribution in [0.3, 0.4) is 0 Å². The molecule has 2 rings (SSSR count). The number of rotatable bonds is 5. The summed E-state index contributed by atoms with van der Waals surface area (Å²) in [6, 6.07) is 0. The summed E-state index contributed by atoms with van der Waals surface area (Å²) in [4.78, 5) is 12.0. The Hall–Kier alpha value is -0.570. The van der Waals surface area contributed by atoms with Crippen molar-refractivity contribution in [2.45, 2.75) is 51.4 Å². The number of amides is 1. The summed E-state index contributed by atoms with van der Waals surface area (Å²) >= 11 is 0. The first-order valence-electron chi connectivity index (χ1n) is 7.27. The Kier molecular flexibility index (Phi) is 4.84. The van der Waals surface area contributed by atoms with Gasteiger partial charge in [0.2, 0.25) is 5.91 Å². The Labute approximate surface area is 105 Å². The smallest absolute Gasteiger partial charge is 0.223 e. The van der Waals surface area contributed by atoms with Crippen molar-refractivity contribution in [1.29, 1.82) is 0 Å². The monoisotopic (exact) mass is 238 g/mol. The molecule has 0 saturated heterocycles. The van der Waals surface area contributed by atoms with E-state index >= 15 is 0 Å². The summed E-state index contributed by atoms with van der Waals surface area (Å²) in [7, 11) is 0. The Morgan fingerprint density at radius 2 is 1.76 bits per heavy atom. The lowest BCUT2D eigenvalue weighted by molar-refractivity contribution is -0.126. The van der Waals surface area contributed by atoms with Gasteiger partial charge < -0.3 is 11.1 Å². The molecule has 3 heteroatoms. The molecule has 2 aliphatic rings. The molecule has 3 nitrogen and oxygen atoms in total. The second-order valence-electron chi connectivity index (χ2n) is 5.84. The molecule has 2 aliphatic carbocycles. The first-order valence-corrected chi connectivity index (χ1v) is 7.27. The normalized spacial score (nSPS) is 29.7. The minimum Gasteiger partial charge on any atom is -0.356 e. The minimum absolute atomic E-state index is 0.282. The van der Waals surface area contributed by atoms with Gasteiger partial charge in [0.05, 0.1) is 0 Å². The quantitative estimate of drug-likeness (QED) is 0.770. The predicted molar refractivity (Wildman–Crippen MR) is 69.5 cm³/mol. The molecule has 0 aromatic heterocycles. The zero-order valence-electron chi connectivity index (χ0n) is 10.8. The molecule has 0 spiro atoms. The summed E-state index contributed by atoms with van der Waals surface area (Å²) < 4.78 is 0. The third-order valence-corrected chi connectivity index (χ3v) is 4.58. The van der Waals surface area contributed by atoms with Crippen LogP contribution in [-0.4, -0.2) is 19.0 Å². The summed E-state index contributed by atoms with van der Waals surface area (Å²) in [5.74, 6) is 2.13. The standard InChI is InChI=1S/C14H26N2O/c15-9-8-11-4-6-13(7-5-11)14(17)16-10-12-2-1-3-12/h11-13H,1-10,15H2,(H,16,17). The van der Waals surface area contributed by atoms with Crippen molar-refractivity contribution in [3.05, 3.63) is 0 Å². The lowest BCUT2D eigenvalue weighted by Crippen LogP contribution is -2.37. The first-order chi connectivity index (χ1) is 8.29. The summed E-state index contributed by atoms with van der Waals surface area (Å²) in [5.41, 5.74) is 5.58. The van der Waals surface area contributed by atoms with Gasteiger partial charge in [0.1, 0.15) is 0 Å². The zero-order chi connectivity index (χ0) is 12.1. The van der Waals surface area contributed by atoms with Crippen LogP contribution in [0.5, 0.6) is 0 Å². The van der Waals surface area contributed by atoms with Crippen molar-refractivity contribution in [1.82, 2.24) is 5.32 Å². The molecule has 0 aromatic rings. The van der Waals surface area contributed by atoms with Gasteiger partial charge in [0.25, 0.3) is 0 Å². The van der Waals surface area contributed by atoms with Crippen LogP contribution < -0.4 is 11.1 Å². The fraction of sp³-hybridized carbons (Fsp3) is 0.929. The predicted octanol–water partition coefficient (Wildman–Crippen LogP) is 2.06. The molecule has 1 amide bonds. The van der Waals surface area contributed by atoms with E-state index in [1.54, 1.807) is 0 Å². The van der Waals surface area contributed by atoms with Crippen LogP contribution >= 0.6 is 0 Å². The molecular formula is C14H26N2O. The van der Waals surface area contributed by atoms with Crippen molar-refractivity contribution in [2.24, 2.45) is 23.5 Å². The Balaban J connectivity index is 1.63. The lowest BCUT2D eigenvalue weighted by atomic mass is 9.80. The van der Waals surface area contributed by atoms with Crippen molar-refractivity contribution < 1.29 is 4.79 Å². The third-order valence-electron chi connectivity index (χ3n) is 4.58. The Morgan fingerprint density at radius 3 is 2.29 bits per heavy atom. The molecule has 0 aliphatic heterocycles. The van der Waals surface area contributed by atoms with Gasteiger partial charge in [-0.15, -0.1) is 0 Å². The van der Waals surface area contributed by atoms with Gasteiger partial charge in [-0.25, -0.2) is 0 Å². The minimum atomic E-state index is 0.282. The molecule has 0 bridgehead atoms. The third kappa shape index (κ3) is 3.70. The fourth-order valence-corrected chi connectivity index (χ4v) is 3.04. The number of hydrogen-bond acceptors (Lipinski definition) is 2. The van der Waals surface area contributed by atoms with Crippen LogP contribution in [0, 0.1) is 17.8 Å². The first kappa shape index (κ1) is 12.9. The van der Waals surface area contributed by atoms with Crippen LogP contribution in [0.4, 0.5) is 0 Å². The van der Waals surface area contributed by atoms with Gasteiger partial charge in [0.15, 0.2) is 0 Å². The van der Waals surface area contributed by atoms with Crippen molar-refractivity contribution in [3.8, 4) is 0 Å². The number of hydrogen-bond donors (Lipinski definition) is 2. The van der Waals surface area contributed by atoms with E-state index in [4.69, 9.17) is 5.73 Å². The van der Waals surface area contributed by atoms with E-state index in [2.05, 4.69) is 5.32 Å². The van der Waals surface area contributed by atoms with E-state index in [0.717, 1.165) is 44.2 Å². The average molecular weight is 238 g/mol.